The summed E-state index contributed by atoms with van der Waals surface area (Å²) in [5.41, 5.74) is -0.0153. The Kier molecular flexibility index (Phi) is 3.62. The number of nitrogens with one attached hydrogen (secondary N) is 1. The third-order valence-electron chi connectivity index (χ3n) is 2.07. The van der Waals surface area contributed by atoms with Crippen molar-refractivity contribution in [1.82, 2.24) is 15.1 Å². The molecule has 0 saturated carbocycles. The summed E-state index contributed by atoms with van der Waals surface area (Å²) in [4.78, 5) is 0. The van der Waals surface area contributed by atoms with E-state index in [1.54, 1.807) is 0 Å². The lowest BCUT2D eigenvalue weighted by molar-refractivity contribution is -0.150. The zero-order valence-corrected chi connectivity index (χ0v) is 9.02. The maximum absolute atomic E-state index is 12.7. The van der Waals surface area contributed by atoms with E-state index in [1.165, 1.54) is 20.3 Å². The first-order chi connectivity index (χ1) is 6.88. The molecule has 0 spiro atoms. The first-order valence-electron chi connectivity index (χ1n) is 4.26. The average Bonchev–Trinajstić information content (AvgIpc) is 2.41. The highest BCUT2D eigenvalue weighted by atomic mass is 35.5. The second-order valence-electron chi connectivity index (χ2n) is 3.15. The maximum Gasteiger partial charge on any atom is 0.398 e. The summed E-state index contributed by atoms with van der Waals surface area (Å²) >= 11 is 5.67. The van der Waals surface area contributed by atoms with E-state index in [0.717, 1.165) is 4.68 Å². The summed E-state index contributed by atoms with van der Waals surface area (Å²) in [6, 6.07) is 0. The van der Waals surface area contributed by atoms with Crippen LogP contribution in [0.3, 0.4) is 0 Å². The van der Waals surface area contributed by atoms with Gasteiger partial charge in [0.2, 0.25) is 0 Å². The molecule has 0 saturated heterocycles. The molecule has 0 bridgehead atoms. The van der Waals surface area contributed by atoms with E-state index in [1.807, 2.05) is 0 Å². The van der Waals surface area contributed by atoms with Crippen molar-refractivity contribution in [2.45, 2.75) is 12.1 Å². The zero-order valence-electron chi connectivity index (χ0n) is 8.27. The van der Waals surface area contributed by atoms with E-state index in [2.05, 4.69) is 10.4 Å². The quantitative estimate of drug-likeness (QED) is 0.877. The molecular weight excluding hydrogens is 231 g/mol. The Balaban J connectivity index is 3.10. The van der Waals surface area contributed by atoms with Crippen LogP contribution in [0.15, 0.2) is 6.20 Å². The number of aromatic nitrogens is 2. The molecule has 1 unspecified atom stereocenters. The van der Waals surface area contributed by atoms with Crippen molar-refractivity contribution in [3.05, 3.63) is 16.9 Å². The average molecular weight is 242 g/mol. The van der Waals surface area contributed by atoms with Crippen LogP contribution in [0.1, 0.15) is 11.6 Å². The van der Waals surface area contributed by atoms with E-state index < -0.39 is 12.1 Å². The molecule has 0 radical (unpaired) electrons. The highest BCUT2D eigenvalue weighted by molar-refractivity contribution is 6.31. The Morgan fingerprint density at radius 1 is 1.60 bits per heavy atom. The minimum absolute atomic E-state index is 0.0153. The number of rotatable bonds is 3. The second-order valence-corrected chi connectivity index (χ2v) is 3.56. The van der Waals surface area contributed by atoms with Gasteiger partial charge >= 0.3 is 6.18 Å². The van der Waals surface area contributed by atoms with Gasteiger partial charge in [0.25, 0.3) is 0 Å². The van der Waals surface area contributed by atoms with Gasteiger partial charge in [0.05, 0.1) is 16.9 Å². The van der Waals surface area contributed by atoms with Gasteiger partial charge in [-0.2, -0.15) is 18.3 Å². The Bertz CT molecular complexity index is 315. The van der Waals surface area contributed by atoms with Crippen LogP contribution in [-0.2, 0) is 7.05 Å². The van der Waals surface area contributed by atoms with Gasteiger partial charge in [-0.05, 0) is 7.05 Å². The van der Waals surface area contributed by atoms with E-state index in [0.29, 0.717) is 0 Å². The van der Waals surface area contributed by atoms with Crippen LogP contribution in [0.2, 0.25) is 5.02 Å². The second kappa shape index (κ2) is 4.40. The number of likely N-dealkylation sites (N-methyl/N-ethyl adjacent to an activating group) is 1. The van der Waals surface area contributed by atoms with E-state index >= 15 is 0 Å². The molecule has 86 valence electrons. The third kappa shape index (κ3) is 2.63. The molecule has 0 fully saturated rings. The van der Waals surface area contributed by atoms with Gasteiger partial charge in [-0.1, -0.05) is 11.6 Å². The molecule has 1 heterocycles. The molecule has 1 N–H and O–H groups in total. The van der Waals surface area contributed by atoms with Gasteiger partial charge in [-0.15, -0.1) is 0 Å². The molecule has 1 rings (SSSR count). The molecule has 0 amide bonds. The van der Waals surface area contributed by atoms with E-state index in [4.69, 9.17) is 11.6 Å². The van der Waals surface area contributed by atoms with Crippen molar-refractivity contribution in [1.29, 1.82) is 0 Å². The first kappa shape index (κ1) is 12.3. The van der Waals surface area contributed by atoms with Crippen LogP contribution in [0.5, 0.6) is 0 Å². The number of nitrogens with zero attached hydrogens (tertiary/aromatic N) is 2. The largest absolute Gasteiger partial charge is 0.398 e. The minimum atomic E-state index is -4.33. The Hall–Kier alpha value is -0.750. The van der Waals surface area contributed by atoms with Crippen molar-refractivity contribution < 1.29 is 13.2 Å². The molecule has 1 atom stereocenters. The van der Waals surface area contributed by atoms with Gasteiger partial charge in [-0.25, -0.2) is 0 Å². The van der Waals surface area contributed by atoms with Crippen LogP contribution in [0.25, 0.3) is 0 Å². The van der Waals surface area contributed by atoms with E-state index in [-0.39, 0.29) is 17.3 Å². The third-order valence-corrected chi connectivity index (χ3v) is 2.36. The predicted molar refractivity (Wildman–Crippen MR) is 50.9 cm³/mol. The highest BCUT2D eigenvalue weighted by Gasteiger charge is 2.43. The SMILES string of the molecule is CNCC(c1c(Cl)cnn1C)C(F)(F)F. The lowest BCUT2D eigenvalue weighted by atomic mass is 10.1. The molecule has 7 heteroatoms. The Morgan fingerprint density at radius 2 is 2.20 bits per heavy atom. The summed E-state index contributed by atoms with van der Waals surface area (Å²) in [5.74, 6) is -1.64. The van der Waals surface area contributed by atoms with Crippen LogP contribution in [-0.4, -0.2) is 29.5 Å². The van der Waals surface area contributed by atoms with Crippen LogP contribution < -0.4 is 5.32 Å². The fourth-order valence-electron chi connectivity index (χ4n) is 1.38. The van der Waals surface area contributed by atoms with Gasteiger partial charge in [0, 0.05) is 13.6 Å². The summed E-state index contributed by atoms with van der Waals surface area (Å²) in [6.45, 7) is -0.219. The van der Waals surface area contributed by atoms with Crippen LogP contribution in [0, 0.1) is 0 Å². The summed E-state index contributed by atoms with van der Waals surface area (Å²) < 4.78 is 39.2. The van der Waals surface area contributed by atoms with E-state index in [9.17, 15) is 13.2 Å². The van der Waals surface area contributed by atoms with Crippen LogP contribution >= 0.6 is 11.6 Å². The Labute approximate surface area is 90.2 Å². The number of hydrogen-bond donors (Lipinski definition) is 1. The fourth-order valence-corrected chi connectivity index (χ4v) is 1.68. The summed E-state index contributed by atoms with van der Waals surface area (Å²) in [7, 11) is 2.90. The normalized spacial score (nSPS) is 14.3. The van der Waals surface area contributed by atoms with Crippen molar-refractivity contribution in [3.8, 4) is 0 Å². The number of aryl methyl sites for hydroxylation is 1. The van der Waals surface area contributed by atoms with Gasteiger partial charge in [-0.3, -0.25) is 4.68 Å². The molecule has 0 aliphatic carbocycles. The molecule has 3 nitrogen and oxygen atoms in total. The smallest absolute Gasteiger partial charge is 0.319 e. The molecule has 1 aromatic rings. The number of alkyl halides is 3. The monoisotopic (exact) mass is 241 g/mol. The fraction of sp³-hybridized carbons (Fsp3) is 0.625. The minimum Gasteiger partial charge on any atom is -0.319 e. The lowest BCUT2D eigenvalue weighted by Crippen LogP contribution is -2.31. The molecule has 1 aromatic heterocycles. The molecule has 0 aliphatic heterocycles. The standard InChI is InChI=1S/C8H11ClF3N3/c1-13-3-5(8(10,11)12)7-6(9)4-14-15(7)2/h4-5,13H,3H2,1-2H3. The molecular formula is C8H11ClF3N3. The van der Waals surface area contributed by atoms with Gasteiger partial charge in [0.1, 0.15) is 5.92 Å². The van der Waals surface area contributed by atoms with Gasteiger partial charge in [0.15, 0.2) is 0 Å². The number of halogens is 4. The lowest BCUT2D eigenvalue weighted by Gasteiger charge is -2.20. The van der Waals surface area contributed by atoms with Crippen LogP contribution in [0.4, 0.5) is 13.2 Å². The first-order valence-corrected chi connectivity index (χ1v) is 4.64. The van der Waals surface area contributed by atoms with Crippen molar-refractivity contribution in [3.63, 3.8) is 0 Å². The van der Waals surface area contributed by atoms with Crippen molar-refractivity contribution in [2.24, 2.45) is 7.05 Å². The topological polar surface area (TPSA) is 29.9 Å². The molecule has 15 heavy (non-hydrogen) atoms. The zero-order chi connectivity index (χ0) is 11.6. The van der Waals surface area contributed by atoms with Crippen molar-refractivity contribution in [2.75, 3.05) is 13.6 Å². The van der Waals surface area contributed by atoms with Gasteiger partial charge < -0.3 is 5.32 Å². The summed E-state index contributed by atoms with van der Waals surface area (Å²) in [6.07, 6.45) is -3.12. The molecule has 0 aromatic carbocycles. The highest BCUT2D eigenvalue weighted by Crippen LogP contribution is 2.37. The van der Waals surface area contributed by atoms with Crippen molar-refractivity contribution >= 4 is 11.6 Å². The summed E-state index contributed by atoms with van der Waals surface area (Å²) in [5, 5.41) is 6.22. The maximum atomic E-state index is 12.7. The molecule has 0 aliphatic rings. The Morgan fingerprint density at radius 3 is 2.53 bits per heavy atom. The predicted octanol–water partition coefficient (Wildman–Crippen LogP) is 1.94. The number of hydrogen-bond acceptors (Lipinski definition) is 2.